The number of rotatable bonds is 6. The van der Waals surface area contributed by atoms with E-state index in [4.69, 9.17) is 4.84 Å². The zero-order chi connectivity index (χ0) is 20.1. The van der Waals surface area contributed by atoms with Gasteiger partial charge in [0.25, 0.3) is 0 Å². The number of Topliss-reactive ketones (excluding diaryl/α,β-unsaturated/α-hetero) is 1. The lowest BCUT2D eigenvalue weighted by Gasteiger charge is -2.34. The van der Waals surface area contributed by atoms with Gasteiger partial charge in [0.2, 0.25) is 5.91 Å². The Morgan fingerprint density at radius 1 is 1.11 bits per heavy atom. The van der Waals surface area contributed by atoms with Gasteiger partial charge in [-0.3, -0.25) is 14.5 Å². The van der Waals surface area contributed by atoms with Crippen LogP contribution in [0.5, 0.6) is 0 Å². The summed E-state index contributed by atoms with van der Waals surface area (Å²) in [5.74, 6) is -1.62. The first-order valence-electron chi connectivity index (χ1n) is 9.03. The standard InChI is InChI=1S/C23H22N2O3/c1-4-15-28-24-17(3)20-22(26)16(2)21(18-11-7-5-8-12-18)25(23(20)27)19-13-9-6-10-14-19/h4-14,20H,1,15H2,2-3H3/b24-17+. The highest BCUT2D eigenvalue weighted by Crippen LogP contribution is 2.36. The van der Waals surface area contributed by atoms with E-state index in [1.54, 1.807) is 24.8 Å². The Kier molecular flexibility index (Phi) is 5.84. The van der Waals surface area contributed by atoms with Gasteiger partial charge in [-0.1, -0.05) is 66.3 Å². The molecule has 5 nitrogen and oxygen atoms in total. The summed E-state index contributed by atoms with van der Waals surface area (Å²) in [6.45, 7) is 7.15. The molecule has 0 radical (unpaired) electrons. The van der Waals surface area contributed by atoms with E-state index in [-0.39, 0.29) is 18.3 Å². The molecule has 1 unspecified atom stereocenters. The molecule has 0 fully saturated rings. The molecule has 142 valence electrons. The van der Waals surface area contributed by atoms with Crippen molar-refractivity contribution in [2.45, 2.75) is 13.8 Å². The van der Waals surface area contributed by atoms with Crippen molar-refractivity contribution < 1.29 is 14.4 Å². The molecule has 0 saturated heterocycles. The number of oxime groups is 1. The number of carbonyl (C=O) groups is 2. The van der Waals surface area contributed by atoms with Gasteiger partial charge in [-0.25, -0.2) is 0 Å². The molecule has 1 aliphatic heterocycles. The maximum Gasteiger partial charge on any atom is 0.248 e. The van der Waals surface area contributed by atoms with Crippen LogP contribution in [-0.2, 0) is 14.4 Å². The number of allylic oxidation sites excluding steroid dienone is 1. The molecule has 0 bridgehead atoms. The van der Waals surface area contributed by atoms with Gasteiger partial charge in [0.15, 0.2) is 5.78 Å². The minimum absolute atomic E-state index is 0.207. The van der Waals surface area contributed by atoms with E-state index in [0.29, 0.717) is 22.7 Å². The Bertz CT molecular complexity index is 946. The van der Waals surface area contributed by atoms with Crippen LogP contribution in [0.2, 0.25) is 0 Å². The predicted octanol–water partition coefficient (Wildman–Crippen LogP) is 4.23. The highest BCUT2D eigenvalue weighted by Gasteiger charge is 2.42. The van der Waals surface area contributed by atoms with Crippen molar-refractivity contribution in [1.82, 2.24) is 0 Å². The Hall–Kier alpha value is -3.47. The van der Waals surface area contributed by atoms with Gasteiger partial charge in [-0.15, -0.1) is 0 Å². The fourth-order valence-electron chi connectivity index (χ4n) is 3.24. The smallest absolute Gasteiger partial charge is 0.248 e. The molecular formula is C23H22N2O3. The summed E-state index contributed by atoms with van der Waals surface area (Å²) >= 11 is 0. The van der Waals surface area contributed by atoms with Crippen molar-refractivity contribution in [3.63, 3.8) is 0 Å². The van der Waals surface area contributed by atoms with Crippen molar-refractivity contribution in [3.8, 4) is 0 Å². The second kappa shape index (κ2) is 8.48. The minimum atomic E-state index is -1.02. The van der Waals surface area contributed by atoms with Gasteiger partial charge in [0.1, 0.15) is 12.5 Å². The molecule has 1 atom stereocenters. The quantitative estimate of drug-likeness (QED) is 0.250. The zero-order valence-electron chi connectivity index (χ0n) is 16.0. The molecular weight excluding hydrogens is 352 g/mol. The van der Waals surface area contributed by atoms with E-state index in [1.807, 2.05) is 60.7 Å². The van der Waals surface area contributed by atoms with E-state index >= 15 is 0 Å². The number of anilines is 1. The Morgan fingerprint density at radius 3 is 2.32 bits per heavy atom. The molecule has 3 rings (SSSR count). The molecule has 2 aromatic rings. The summed E-state index contributed by atoms with van der Waals surface area (Å²) in [5, 5.41) is 3.95. The maximum absolute atomic E-state index is 13.5. The third-order valence-corrected chi connectivity index (χ3v) is 4.56. The van der Waals surface area contributed by atoms with E-state index in [0.717, 1.165) is 5.56 Å². The number of nitrogens with zero attached hydrogens (tertiary/aromatic N) is 2. The number of amides is 1. The molecule has 0 spiro atoms. The molecule has 1 amide bonds. The molecule has 28 heavy (non-hydrogen) atoms. The number of para-hydroxylation sites is 1. The highest BCUT2D eigenvalue weighted by molar-refractivity contribution is 6.34. The minimum Gasteiger partial charge on any atom is -0.392 e. The Balaban J connectivity index is 2.15. The summed E-state index contributed by atoms with van der Waals surface area (Å²) in [5.41, 5.74) is 2.93. The summed E-state index contributed by atoms with van der Waals surface area (Å²) in [7, 11) is 0. The summed E-state index contributed by atoms with van der Waals surface area (Å²) in [6, 6.07) is 18.8. The first-order chi connectivity index (χ1) is 13.6. The highest BCUT2D eigenvalue weighted by atomic mass is 16.6. The molecule has 2 aromatic carbocycles. The van der Waals surface area contributed by atoms with Gasteiger partial charge in [0.05, 0.1) is 11.4 Å². The third-order valence-electron chi connectivity index (χ3n) is 4.56. The third kappa shape index (κ3) is 3.64. The van der Waals surface area contributed by atoms with Crippen LogP contribution in [0.3, 0.4) is 0 Å². The molecule has 1 aliphatic rings. The van der Waals surface area contributed by atoms with E-state index < -0.39 is 5.92 Å². The average molecular weight is 374 g/mol. The fraction of sp³-hybridized carbons (Fsp3) is 0.174. The van der Waals surface area contributed by atoms with Crippen LogP contribution >= 0.6 is 0 Å². The first kappa shape index (κ1) is 19.3. The lowest BCUT2D eigenvalue weighted by atomic mass is 9.85. The van der Waals surface area contributed by atoms with Crippen LogP contribution in [0.25, 0.3) is 5.70 Å². The lowest BCUT2D eigenvalue weighted by molar-refractivity contribution is -0.128. The van der Waals surface area contributed by atoms with Crippen LogP contribution < -0.4 is 4.90 Å². The average Bonchev–Trinajstić information content (AvgIpc) is 2.72. The topological polar surface area (TPSA) is 59.0 Å². The zero-order valence-corrected chi connectivity index (χ0v) is 16.0. The van der Waals surface area contributed by atoms with E-state index in [1.165, 1.54) is 0 Å². The second-order valence-corrected chi connectivity index (χ2v) is 6.46. The molecule has 5 heteroatoms. The largest absolute Gasteiger partial charge is 0.392 e. The number of hydrogen-bond donors (Lipinski definition) is 0. The number of ketones is 1. The lowest BCUT2D eigenvalue weighted by Crippen LogP contribution is -2.47. The number of benzene rings is 2. The van der Waals surface area contributed by atoms with Crippen molar-refractivity contribution in [2.75, 3.05) is 11.5 Å². The number of carbonyl (C=O) groups excluding carboxylic acids is 2. The number of hydrogen-bond acceptors (Lipinski definition) is 4. The summed E-state index contributed by atoms with van der Waals surface area (Å²) < 4.78 is 0. The van der Waals surface area contributed by atoms with Gasteiger partial charge in [0, 0.05) is 11.3 Å². The summed E-state index contributed by atoms with van der Waals surface area (Å²) in [4.78, 5) is 33.3. The van der Waals surface area contributed by atoms with Gasteiger partial charge in [-0.2, -0.15) is 0 Å². The van der Waals surface area contributed by atoms with Crippen molar-refractivity contribution in [1.29, 1.82) is 0 Å². The van der Waals surface area contributed by atoms with E-state index in [9.17, 15) is 9.59 Å². The molecule has 0 N–H and O–H groups in total. The fourth-order valence-corrected chi connectivity index (χ4v) is 3.24. The molecule has 0 saturated carbocycles. The SMILES string of the molecule is C=CCO/N=C(\C)C1C(=O)C(C)=C(c2ccccc2)N(c2ccccc2)C1=O. The summed E-state index contributed by atoms with van der Waals surface area (Å²) in [6.07, 6.45) is 1.55. The molecule has 1 heterocycles. The van der Waals surface area contributed by atoms with Crippen LogP contribution in [0.1, 0.15) is 19.4 Å². The predicted molar refractivity (Wildman–Crippen MR) is 111 cm³/mol. The van der Waals surface area contributed by atoms with Crippen molar-refractivity contribution >= 4 is 28.8 Å². The molecule has 0 aliphatic carbocycles. The van der Waals surface area contributed by atoms with Gasteiger partial charge in [-0.05, 0) is 31.5 Å². The van der Waals surface area contributed by atoms with Crippen molar-refractivity contribution in [2.24, 2.45) is 11.1 Å². The van der Waals surface area contributed by atoms with Crippen LogP contribution in [0.15, 0.2) is 84.0 Å². The van der Waals surface area contributed by atoms with Crippen molar-refractivity contribution in [3.05, 3.63) is 84.5 Å². The maximum atomic E-state index is 13.5. The Morgan fingerprint density at radius 2 is 1.71 bits per heavy atom. The van der Waals surface area contributed by atoms with Gasteiger partial charge >= 0.3 is 0 Å². The van der Waals surface area contributed by atoms with E-state index in [2.05, 4.69) is 11.7 Å². The monoisotopic (exact) mass is 374 g/mol. The Labute approximate surface area is 164 Å². The molecule has 0 aromatic heterocycles. The van der Waals surface area contributed by atoms with Crippen LogP contribution in [0, 0.1) is 5.92 Å². The first-order valence-corrected chi connectivity index (χ1v) is 9.03. The van der Waals surface area contributed by atoms with Crippen LogP contribution in [0.4, 0.5) is 5.69 Å². The van der Waals surface area contributed by atoms with Crippen LogP contribution in [-0.4, -0.2) is 24.0 Å². The second-order valence-electron chi connectivity index (χ2n) is 6.46. The normalized spacial score (nSPS) is 17.7. The van der Waals surface area contributed by atoms with Gasteiger partial charge < -0.3 is 4.84 Å².